The van der Waals surface area contributed by atoms with Gasteiger partial charge in [0.15, 0.2) is 11.3 Å². The minimum Gasteiger partial charge on any atom is -0.459 e. The second kappa shape index (κ2) is 10.7. The van der Waals surface area contributed by atoms with Gasteiger partial charge in [0.05, 0.1) is 6.26 Å². The number of quaternary nitrogens is 1. The maximum absolute atomic E-state index is 14.3. The van der Waals surface area contributed by atoms with Crippen molar-refractivity contribution in [1.29, 1.82) is 0 Å². The van der Waals surface area contributed by atoms with Crippen LogP contribution in [0.2, 0.25) is 0 Å². The molecule has 0 bridgehead atoms. The van der Waals surface area contributed by atoms with Crippen molar-refractivity contribution >= 4 is 34.4 Å². The average molecular weight is 518 g/mol. The Hall–Kier alpha value is -4.48. The zero-order valence-electron chi connectivity index (χ0n) is 22.8. The van der Waals surface area contributed by atoms with Crippen molar-refractivity contribution < 1.29 is 14.0 Å². The maximum atomic E-state index is 14.3. The molecule has 0 radical (unpaired) electrons. The summed E-state index contributed by atoms with van der Waals surface area (Å²) >= 11 is 0. The fraction of sp³-hybridized carbons (Fsp3) is 0.176. The number of nitrogens with zero attached hydrogens (tertiary/aromatic N) is 1. The van der Waals surface area contributed by atoms with Gasteiger partial charge >= 0.3 is 0 Å². The van der Waals surface area contributed by atoms with Gasteiger partial charge in [-0.1, -0.05) is 67.9 Å². The fourth-order valence-electron chi connectivity index (χ4n) is 5.55. The van der Waals surface area contributed by atoms with E-state index in [4.69, 9.17) is 4.42 Å². The van der Waals surface area contributed by atoms with E-state index in [1.807, 2.05) is 80.6 Å². The number of anilines is 1. The van der Waals surface area contributed by atoms with Gasteiger partial charge in [0, 0.05) is 43.0 Å². The smallest absolute Gasteiger partial charge is 0.265 e. The van der Waals surface area contributed by atoms with Crippen LogP contribution in [-0.4, -0.2) is 11.7 Å². The molecule has 0 aliphatic carbocycles. The van der Waals surface area contributed by atoms with E-state index < -0.39 is 5.91 Å². The average Bonchev–Trinajstić information content (AvgIpc) is 3.48. The molecular formula is C34H33N2O3+. The lowest BCUT2D eigenvalue weighted by atomic mass is 9.93. The van der Waals surface area contributed by atoms with Crippen LogP contribution >= 0.6 is 0 Å². The molecule has 1 aromatic heterocycles. The van der Waals surface area contributed by atoms with Crippen LogP contribution in [0, 0.1) is 6.92 Å². The molecule has 1 aliphatic rings. The van der Waals surface area contributed by atoms with Crippen LogP contribution in [0.3, 0.4) is 0 Å². The van der Waals surface area contributed by atoms with E-state index in [-0.39, 0.29) is 15.8 Å². The molecule has 1 N–H and O–H groups in total. The molecule has 4 aromatic rings. The lowest BCUT2D eigenvalue weighted by Gasteiger charge is -2.40. The highest BCUT2D eigenvalue weighted by Gasteiger charge is 2.50. The molecule has 1 unspecified atom stereocenters. The first kappa shape index (κ1) is 26.1. The molecule has 5 nitrogen and oxygen atoms in total. The van der Waals surface area contributed by atoms with Crippen LogP contribution in [0.5, 0.6) is 0 Å². The Kier molecular flexibility index (Phi) is 7.18. The van der Waals surface area contributed by atoms with Crippen LogP contribution < -0.4 is 9.80 Å². The zero-order valence-corrected chi connectivity index (χ0v) is 22.8. The predicted molar refractivity (Wildman–Crippen MR) is 157 cm³/mol. The topological polar surface area (TPSA) is 59.3 Å². The molecule has 0 saturated heterocycles. The van der Waals surface area contributed by atoms with Gasteiger partial charge in [0.25, 0.3) is 5.91 Å². The molecule has 3 aromatic carbocycles. The van der Waals surface area contributed by atoms with Crippen molar-refractivity contribution in [3.8, 4) is 0 Å². The third kappa shape index (κ3) is 4.45. The largest absolute Gasteiger partial charge is 0.459 e. The normalized spacial score (nSPS) is 17.2. The first-order valence-electron chi connectivity index (χ1n) is 13.4. The Morgan fingerprint density at radius 1 is 0.795 bits per heavy atom. The predicted octanol–water partition coefficient (Wildman–Crippen LogP) is 7.89. The highest BCUT2D eigenvalue weighted by Crippen LogP contribution is 2.51. The molecule has 0 saturated carbocycles. The van der Waals surface area contributed by atoms with E-state index in [0.29, 0.717) is 11.5 Å². The Morgan fingerprint density at radius 3 is 2.03 bits per heavy atom. The van der Waals surface area contributed by atoms with Crippen molar-refractivity contribution in [3.63, 3.8) is 0 Å². The van der Waals surface area contributed by atoms with Crippen molar-refractivity contribution in [2.45, 2.75) is 40.5 Å². The SMILES string of the molecule is CCc1cccc(CC)c1NC(=O)C1=C(c2ccco2)[N+](c2ccccc2)(c2ccc(C)cc2)C(C)=CC1=O. The van der Waals surface area contributed by atoms with E-state index in [9.17, 15) is 9.59 Å². The van der Waals surface area contributed by atoms with Gasteiger partial charge in [-0.15, -0.1) is 0 Å². The van der Waals surface area contributed by atoms with E-state index >= 15 is 0 Å². The maximum Gasteiger partial charge on any atom is 0.265 e. The third-order valence-electron chi connectivity index (χ3n) is 7.47. The molecule has 39 heavy (non-hydrogen) atoms. The van der Waals surface area contributed by atoms with Crippen molar-refractivity contribution in [1.82, 2.24) is 4.48 Å². The van der Waals surface area contributed by atoms with E-state index in [1.54, 1.807) is 18.4 Å². The highest BCUT2D eigenvalue weighted by atomic mass is 16.3. The molecule has 5 heteroatoms. The van der Waals surface area contributed by atoms with Crippen molar-refractivity contribution in [2.75, 3.05) is 5.32 Å². The summed E-state index contributed by atoms with van der Waals surface area (Å²) in [4.78, 5) is 28.1. The van der Waals surface area contributed by atoms with Crippen molar-refractivity contribution in [3.05, 3.63) is 131 Å². The minimum absolute atomic E-state index is 0.0547. The Morgan fingerprint density at radius 2 is 1.44 bits per heavy atom. The molecule has 5 rings (SSSR count). The number of hydrogen-bond acceptors (Lipinski definition) is 3. The lowest BCUT2D eigenvalue weighted by Crippen LogP contribution is -2.46. The van der Waals surface area contributed by atoms with Crippen LogP contribution in [0.15, 0.2) is 113 Å². The van der Waals surface area contributed by atoms with E-state index in [1.165, 1.54) is 0 Å². The van der Waals surface area contributed by atoms with Gasteiger partial charge < -0.3 is 9.73 Å². The third-order valence-corrected chi connectivity index (χ3v) is 7.47. The molecule has 1 atom stereocenters. The van der Waals surface area contributed by atoms with Gasteiger partial charge in [0.2, 0.25) is 11.5 Å². The van der Waals surface area contributed by atoms with Crippen LogP contribution in [0.25, 0.3) is 5.70 Å². The second-order valence-electron chi connectivity index (χ2n) is 9.81. The molecule has 1 amide bonds. The van der Waals surface area contributed by atoms with Gasteiger partial charge in [-0.25, -0.2) is 0 Å². The number of rotatable bonds is 7. The molecule has 0 fully saturated rings. The fourth-order valence-corrected chi connectivity index (χ4v) is 5.55. The van der Waals surface area contributed by atoms with Gasteiger partial charge in [0.1, 0.15) is 17.1 Å². The number of carbonyl (C=O) groups excluding carboxylic acids is 2. The summed E-state index contributed by atoms with van der Waals surface area (Å²) in [6, 6.07) is 27.8. The van der Waals surface area contributed by atoms with Gasteiger partial charge in [-0.3, -0.25) is 9.59 Å². The summed E-state index contributed by atoms with van der Waals surface area (Å²) in [5.74, 6) is -0.332. The molecule has 1 aliphatic heterocycles. The summed E-state index contributed by atoms with van der Waals surface area (Å²) in [5.41, 5.74) is 7.05. The molecule has 0 spiro atoms. The van der Waals surface area contributed by atoms with E-state index in [0.717, 1.165) is 52.3 Å². The number of benzene rings is 3. The molecule has 2 heterocycles. The van der Waals surface area contributed by atoms with Crippen LogP contribution in [-0.2, 0) is 22.4 Å². The molecular weight excluding hydrogens is 484 g/mol. The first-order chi connectivity index (χ1) is 18.9. The number of hydrogen-bond donors (Lipinski definition) is 1. The monoisotopic (exact) mass is 517 g/mol. The van der Waals surface area contributed by atoms with Crippen LogP contribution in [0.1, 0.15) is 43.2 Å². The number of para-hydroxylation sites is 2. The summed E-state index contributed by atoms with van der Waals surface area (Å²) in [6.07, 6.45) is 4.68. The standard InChI is InChI=1S/C34H32N2O3/c1-5-25-12-10-13-26(6-2)32(25)35-34(38)31-29(37)22-24(4)36(27-14-8-7-9-15-27,28-19-17-23(3)18-20-28)33(31)30-16-11-21-39-30/h7-22H,5-6H2,1-4H3/p+1. The number of furan rings is 1. The summed E-state index contributed by atoms with van der Waals surface area (Å²) in [6.45, 7) is 8.09. The van der Waals surface area contributed by atoms with Gasteiger partial charge in [-0.05, 0) is 43.0 Å². The number of ketones is 1. The second-order valence-corrected chi connectivity index (χ2v) is 9.81. The number of aryl methyl sites for hydroxylation is 3. The van der Waals surface area contributed by atoms with Gasteiger partial charge in [-0.2, -0.15) is 4.48 Å². The number of allylic oxidation sites excluding steroid dienone is 2. The quantitative estimate of drug-likeness (QED) is 0.200. The minimum atomic E-state index is -0.448. The summed E-state index contributed by atoms with van der Waals surface area (Å²) in [7, 11) is 0. The first-order valence-corrected chi connectivity index (χ1v) is 13.4. The van der Waals surface area contributed by atoms with Crippen molar-refractivity contribution in [2.24, 2.45) is 0 Å². The number of nitrogens with one attached hydrogen (secondary N) is 1. The Labute approximate surface area is 229 Å². The Balaban J connectivity index is 1.83. The summed E-state index contributed by atoms with van der Waals surface area (Å²) < 4.78 is 6.03. The Bertz CT molecular complexity index is 1560. The zero-order chi connectivity index (χ0) is 27.6. The lowest BCUT2D eigenvalue weighted by molar-refractivity contribution is -0.117. The van der Waals surface area contributed by atoms with E-state index in [2.05, 4.69) is 31.3 Å². The van der Waals surface area contributed by atoms with Crippen LogP contribution in [0.4, 0.5) is 17.1 Å². The number of amides is 1. The molecule has 196 valence electrons. The summed E-state index contributed by atoms with van der Waals surface area (Å²) in [5, 5.41) is 3.14. The highest BCUT2D eigenvalue weighted by molar-refractivity contribution is 6.33. The number of carbonyl (C=O) groups is 2.